The van der Waals surface area contributed by atoms with Crippen molar-refractivity contribution >= 4 is 23.2 Å². The van der Waals surface area contributed by atoms with Gasteiger partial charge in [-0.25, -0.2) is 8.78 Å². The number of hydrogen-bond acceptors (Lipinski definition) is 5. The van der Waals surface area contributed by atoms with Gasteiger partial charge in [-0.15, -0.1) is 10.2 Å². The summed E-state index contributed by atoms with van der Waals surface area (Å²) < 4.78 is 26.9. The highest BCUT2D eigenvalue weighted by molar-refractivity contribution is 6.03. The maximum atomic E-state index is 14.0. The van der Waals surface area contributed by atoms with Gasteiger partial charge in [0, 0.05) is 31.7 Å². The van der Waals surface area contributed by atoms with Gasteiger partial charge >= 0.3 is 0 Å². The third-order valence-electron chi connectivity index (χ3n) is 4.80. The van der Waals surface area contributed by atoms with Crippen LogP contribution < -0.4 is 15.1 Å². The van der Waals surface area contributed by atoms with Gasteiger partial charge in [0.1, 0.15) is 11.6 Å². The van der Waals surface area contributed by atoms with E-state index in [2.05, 4.69) is 20.4 Å². The molecular formula is C21H19F2N5O. The van der Waals surface area contributed by atoms with Gasteiger partial charge in [-0.3, -0.25) is 4.79 Å². The van der Waals surface area contributed by atoms with E-state index >= 15 is 0 Å². The van der Waals surface area contributed by atoms with E-state index in [1.807, 2.05) is 11.0 Å². The van der Waals surface area contributed by atoms with Crippen LogP contribution in [0.15, 0.2) is 60.7 Å². The van der Waals surface area contributed by atoms with E-state index in [9.17, 15) is 13.6 Å². The van der Waals surface area contributed by atoms with Crippen molar-refractivity contribution in [2.45, 2.75) is 0 Å². The average molecular weight is 395 g/mol. The lowest BCUT2D eigenvalue weighted by atomic mass is 10.2. The van der Waals surface area contributed by atoms with E-state index in [1.165, 1.54) is 30.3 Å². The lowest BCUT2D eigenvalue weighted by Gasteiger charge is -2.36. The number of carbonyl (C=O) groups is 1. The van der Waals surface area contributed by atoms with Gasteiger partial charge in [0.05, 0.1) is 5.69 Å². The second kappa shape index (κ2) is 8.22. The molecule has 6 nitrogen and oxygen atoms in total. The van der Waals surface area contributed by atoms with Gasteiger partial charge in [-0.1, -0.05) is 12.1 Å². The fraction of sp³-hybridized carbons (Fsp3) is 0.190. The molecule has 8 heteroatoms. The predicted molar refractivity (Wildman–Crippen MR) is 107 cm³/mol. The molecule has 0 bridgehead atoms. The number of aromatic nitrogens is 2. The number of piperazine rings is 1. The molecule has 1 saturated heterocycles. The highest BCUT2D eigenvalue weighted by Crippen LogP contribution is 2.22. The van der Waals surface area contributed by atoms with Crippen LogP contribution in [0, 0.1) is 11.6 Å². The molecule has 0 radical (unpaired) electrons. The Balaban J connectivity index is 1.35. The van der Waals surface area contributed by atoms with Crippen molar-refractivity contribution in [2.24, 2.45) is 0 Å². The number of hydrogen-bond donors (Lipinski definition) is 1. The van der Waals surface area contributed by atoms with E-state index in [-0.39, 0.29) is 11.7 Å². The Kier molecular flexibility index (Phi) is 5.33. The molecule has 4 rings (SSSR count). The van der Waals surface area contributed by atoms with E-state index in [0.717, 1.165) is 0 Å². The van der Waals surface area contributed by atoms with Crippen molar-refractivity contribution in [3.8, 4) is 0 Å². The second-order valence-corrected chi connectivity index (χ2v) is 6.66. The van der Waals surface area contributed by atoms with Crippen molar-refractivity contribution in [1.82, 2.24) is 10.2 Å². The first-order valence-electron chi connectivity index (χ1n) is 9.25. The number of anilines is 3. The lowest BCUT2D eigenvalue weighted by Crippen LogP contribution is -2.47. The molecule has 0 saturated carbocycles. The Bertz CT molecular complexity index is 987. The molecule has 1 fully saturated rings. The number of para-hydroxylation sites is 1. The Morgan fingerprint density at radius 1 is 0.828 bits per heavy atom. The van der Waals surface area contributed by atoms with Gasteiger partial charge in [-0.05, 0) is 48.5 Å². The van der Waals surface area contributed by atoms with Crippen LogP contribution in [0.5, 0.6) is 0 Å². The fourth-order valence-corrected chi connectivity index (χ4v) is 3.23. The lowest BCUT2D eigenvalue weighted by molar-refractivity contribution is 0.102. The first-order valence-corrected chi connectivity index (χ1v) is 9.25. The second-order valence-electron chi connectivity index (χ2n) is 6.66. The molecule has 2 aromatic carbocycles. The maximum absolute atomic E-state index is 14.0. The minimum Gasteiger partial charge on any atom is -0.366 e. The summed E-state index contributed by atoms with van der Waals surface area (Å²) in [6.45, 7) is 2.71. The summed E-state index contributed by atoms with van der Waals surface area (Å²) >= 11 is 0. The van der Waals surface area contributed by atoms with Crippen molar-refractivity contribution in [3.05, 3.63) is 77.9 Å². The van der Waals surface area contributed by atoms with Crippen LogP contribution in [0.4, 0.5) is 26.1 Å². The minimum atomic E-state index is -0.402. The molecule has 1 N–H and O–H groups in total. The molecule has 1 aliphatic rings. The topological polar surface area (TPSA) is 61.4 Å². The summed E-state index contributed by atoms with van der Waals surface area (Å²) in [6, 6.07) is 15.5. The molecule has 1 aliphatic heterocycles. The van der Waals surface area contributed by atoms with Crippen LogP contribution in [0.2, 0.25) is 0 Å². The summed E-state index contributed by atoms with van der Waals surface area (Å²) in [7, 11) is 0. The molecule has 0 spiro atoms. The number of benzene rings is 2. The van der Waals surface area contributed by atoms with Crippen LogP contribution >= 0.6 is 0 Å². The molecule has 0 aliphatic carbocycles. The van der Waals surface area contributed by atoms with Gasteiger partial charge in [0.2, 0.25) is 0 Å². The van der Waals surface area contributed by atoms with Crippen LogP contribution in [0.3, 0.4) is 0 Å². The molecule has 0 atom stereocenters. The molecular weight excluding hydrogens is 376 g/mol. The van der Waals surface area contributed by atoms with Gasteiger partial charge < -0.3 is 15.1 Å². The number of halogens is 2. The third-order valence-corrected chi connectivity index (χ3v) is 4.80. The summed E-state index contributed by atoms with van der Waals surface area (Å²) in [5, 5.41) is 10.9. The number of carbonyl (C=O) groups excluding carboxylic acids is 1. The first kappa shape index (κ1) is 18.8. The number of nitrogens with one attached hydrogen (secondary N) is 1. The van der Waals surface area contributed by atoms with Crippen molar-refractivity contribution in [1.29, 1.82) is 0 Å². The van der Waals surface area contributed by atoms with E-state index < -0.39 is 5.82 Å². The molecule has 1 aromatic heterocycles. The quantitative estimate of drug-likeness (QED) is 0.734. The van der Waals surface area contributed by atoms with Crippen molar-refractivity contribution in [3.63, 3.8) is 0 Å². The Hall–Kier alpha value is -3.55. The molecule has 29 heavy (non-hydrogen) atoms. The van der Waals surface area contributed by atoms with E-state index in [4.69, 9.17) is 0 Å². The van der Waals surface area contributed by atoms with E-state index in [1.54, 1.807) is 24.3 Å². The minimum absolute atomic E-state index is 0.220. The van der Waals surface area contributed by atoms with Gasteiger partial charge in [0.25, 0.3) is 5.91 Å². The largest absolute Gasteiger partial charge is 0.366 e. The van der Waals surface area contributed by atoms with Gasteiger partial charge in [0.15, 0.2) is 11.6 Å². The Morgan fingerprint density at radius 2 is 1.52 bits per heavy atom. The molecule has 148 valence electrons. The van der Waals surface area contributed by atoms with Crippen LogP contribution in [0.25, 0.3) is 0 Å². The normalized spacial score (nSPS) is 14.0. The van der Waals surface area contributed by atoms with Crippen LogP contribution in [-0.4, -0.2) is 42.3 Å². The SMILES string of the molecule is O=C(Nc1ccc(N2CCN(c3ccccc3F)CC2)nn1)c1ccc(F)cc1. The fourth-order valence-electron chi connectivity index (χ4n) is 3.23. The summed E-state index contributed by atoms with van der Waals surface area (Å²) in [6.07, 6.45) is 0. The summed E-state index contributed by atoms with van der Waals surface area (Å²) in [4.78, 5) is 16.2. The molecule has 3 aromatic rings. The Labute approximate surface area is 166 Å². The monoisotopic (exact) mass is 395 g/mol. The van der Waals surface area contributed by atoms with Gasteiger partial charge in [-0.2, -0.15) is 0 Å². The number of rotatable bonds is 4. The summed E-state index contributed by atoms with van der Waals surface area (Å²) in [5.74, 6) is -0.000584. The standard InChI is InChI=1S/C21H19F2N5O/c22-16-7-5-15(6-8-16)21(29)24-19-9-10-20(26-25-19)28-13-11-27(12-14-28)18-4-2-1-3-17(18)23/h1-10H,11-14H2,(H,24,25,29). The maximum Gasteiger partial charge on any atom is 0.256 e. The summed E-state index contributed by atoms with van der Waals surface area (Å²) in [5.41, 5.74) is 0.943. The predicted octanol–water partition coefficient (Wildman–Crippen LogP) is 3.33. The molecule has 2 heterocycles. The van der Waals surface area contributed by atoms with Crippen LogP contribution in [-0.2, 0) is 0 Å². The Morgan fingerprint density at radius 3 is 2.17 bits per heavy atom. The highest BCUT2D eigenvalue weighted by Gasteiger charge is 2.20. The average Bonchev–Trinajstić information content (AvgIpc) is 2.75. The first-order chi connectivity index (χ1) is 14.1. The zero-order valence-corrected chi connectivity index (χ0v) is 15.6. The highest BCUT2D eigenvalue weighted by atomic mass is 19.1. The zero-order valence-electron chi connectivity index (χ0n) is 15.6. The van der Waals surface area contributed by atoms with Crippen molar-refractivity contribution in [2.75, 3.05) is 41.3 Å². The molecule has 1 amide bonds. The zero-order chi connectivity index (χ0) is 20.2. The smallest absolute Gasteiger partial charge is 0.256 e. The van der Waals surface area contributed by atoms with Crippen LogP contribution in [0.1, 0.15) is 10.4 Å². The van der Waals surface area contributed by atoms with Crippen molar-refractivity contribution < 1.29 is 13.6 Å². The third kappa shape index (κ3) is 4.31. The number of nitrogens with zero attached hydrogens (tertiary/aromatic N) is 4. The number of amides is 1. The van der Waals surface area contributed by atoms with E-state index in [0.29, 0.717) is 49.1 Å². The molecule has 0 unspecified atom stereocenters.